The zero-order valence-corrected chi connectivity index (χ0v) is 16.2. The fourth-order valence-corrected chi connectivity index (χ4v) is 3.67. The molecule has 0 aliphatic heterocycles. The molecule has 1 amide bonds. The van der Waals surface area contributed by atoms with Crippen molar-refractivity contribution < 1.29 is 22.7 Å². The van der Waals surface area contributed by atoms with Crippen molar-refractivity contribution in [2.45, 2.75) is 18.7 Å². The number of nitrogens with one attached hydrogen (secondary N) is 1. The Morgan fingerprint density at radius 2 is 1.81 bits per heavy atom. The maximum Gasteiger partial charge on any atom is 0.337 e. The van der Waals surface area contributed by atoms with Gasteiger partial charge in [-0.2, -0.15) is 0 Å². The lowest BCUT2D eigenvalue weighted by molar-refractivity contribution is -0.116. The van der Waals surface area contributed by atoms with Crippen molar-refractivity contribution in [2.75, 3.05) is 25.1 Å². The van der Waals surface area contributed by atoms with Gasteiger partial charge in [-0.1, -0.05) is 18.2 Å². The van der Waals surface area contributed by atoms with Crippen LogP contribution in [-0.2, 0) is 19.6 Å². The largest absolute Gasteiger partial charge is 0.465 e. The highest BCUT2D eigenvalue weighted by molar-refractivity contribution is 7.89. The third kappa shape index (κ3) is 5.38. The summed E-state index contributed by atoms with van der Waals surface area (Å²) >= 11 is 0. The number of rotatable bonds is 7. The molecule has 0 fully saturated rings. The van der Waals surface area contributed by atoms with E-state index in [2.05, 4.69) is 9.46 Å². The number of carbonyl (C=O) groups is 2. The van der Waals surface area contributed by atoms with Gasteiger partial charge in [-0.25, -0.2) is 17.9 Å². The molecule has 0 bridgehead atoms. The van der Waals surface area contributed by atoms with Gasteiger partial charge >= 0.3 is 5.97 Å². The van der Waals surface area contributed by atoms with E-state index in [0.29, 0.717) is 11.3 Å². The van der Waals surface area contributed by atoms with E-state index in [-0.39, 0.29) is 23.9 Å². The van der Waals surface area contributed by atoms with Crippen LogP contribution in [0.1, 0.15) is 22.8 Å². The number of hydrogen-bond acceptors (Lipinski definition) is 5. The van der Waals surface area contributed by atoms with Gasteiger partial charge in [0, 0.05) is 25.7 Å². The molecule has 144 valence electrons. The molecule has 0 saturated carbocycles. The Balaban J connectivity index is 2.12. The van der Waals surface area contributed by atoms with Crippen molar-refractivity contribution in [1.82, 2.24) is 4.72 Å². The van der Waals surface area contributed by atoms with Crippen LogP contribution in [0, 0.1) is 6.92 Å². The molecule has 0 spiro atoms. The third-order valence-corrected chi connectivity index (χ3v) is 5.35. The second kappa shape index (κ2) is 8.79. The van der Waals surface area contributed by atoms with Crippen LogP contribution in [-0.4, -0.2) is 40.5 Å². The lowest BCUT2D eigenvalue weighted by atomic mass is 10.2. The van der Waals surface area contributed by atoms with E-state index in [4.69, 9.17) is 0 Å². The summed E-state index contributed by atoms with van der Waals surface area (Å²) < 4.78 is 31.9. The standard InChI is InChI=1S/C19H22N2O5S/c1-14-6-4-9-18(12-14)27(24,25)20-10-11-21(15(2)22)17-8-5-7-16(13-17)19(23)26-3/h4-9,12-13,20H,10-11H2,1-3H3. The number of sulfonamides is 1. The number of methoxy groups -OCH3 is 1. The fraction of sp³-hybridized carbons (Fsp3) is 0.263. The van der Waals surface area contributed by atoms with E-state index in [9.17, 15) is 18.0 Å². The summed E-state index contributed by atoms with van der Waals surface area (Å²) in [6.45, 7) is 3.33. The van der Waals surface area contributed by atoms with Crippen molar-refractivity contribution >= 4 is 27.6 Å². The van der Waals surface area contributed by atoms with Gasteiger partial charge in [0.1, 0.15) is 0 Å². The van der Waals surface area contributed by atoms with E-state index in [0.717, 1.165) is 5.56 Å². The van der Waals surface area contributed by atoms with Gasteiger partial charge in [-0.05, 0) is 42.8 Å². The Hall–Kier alpha value is -2.71. The molecule has 2 aromatic carbocycles. The van der Waals surface area contributed by atoms with E-state index in [1.807, 2.05) is 13.0 Å². The van der Waals surface area contributed by atoms with Crippen molar-refractivity contribution in [1.29, 1.82) is 0 Å². The molecular formula is C19H22N2O5S. The lowest BCUT2D eigenvalue weighted by Gasteiger charge is -2.22. The minimum Gasteiger partial charge on any atom is -0.465 e. The Morgan fingerprint density at radius 1 is 1.11 bits per heavy atom. The van der Waals surface area contributed by atoms with Crippen LogP contribution in [0.3, 0.4) is 0 Å². The van der Waals surface area contributed by atoms with Gasteiger partial charge in [0.2, 0.25) is 15.9 Å². The molecule has 0 aromatic heterocycles. The maximum atomic E-state index is 12.4. The summed E-state index contributed by atoms with van der Waals surface area (Å²) in [5.41, 5.74) is 1.63. The maximum absolute atomic E-state index is 12.4. The molecule has 0 radical (unpaired) electrons. The number of anilines is 1. The van der Waals surface area contributed by atoms with Crippen LogP contribution in [0.4, 0.5) is 5.69 Å². The number of nitrogens with zero attached hydrogens (tertiary/aromatic N) is 1. The molecule has 0 heterocycles. The van der Waals surface area contributed by atoms with E-state index < -0.39 is 16.0 Å². The Labute approximate surface area is 159 Å². The molecule has 8 heteroatoms. The van der Waals surface area contributed by atoms with Crippen LogP contribution in [0.5, 0.6) is 0 Å². The average molecular weight is 390 g/mol. The number of hydrogen-bond donors (Lipinski definition) is 1. The van der Waals surface area contributed by atoms with Crippen molar-refractivity contribution in [2.24, 2.45) is 0 Å². The first-order valence-corrected chi connectivity index (χ1v) is 9.76. The minimum atomic E-state index is -3.67. The van der Waals surface area contributed by atoms with Crippen molar-refractivity contribution in [3.63, 3.8) is 0 Å². The van der Waals surface area contributed by atoms with Gasteiger partial charge < -0.3 is 9.64 Å². The van der Waals surface area contributed by atoms with Crippen LogP contribution >= 0.6 is 0 Å². The summed E-state index contributed by atoms with van der Waals surface area (Å²) in [6.07, 6.45) is 0. The molecular weight excluding hydrogens is 368 g/mol. The average Bonchev–Trinajstić information content (AvgIpc) is 2.64. The topological polar surface area (TPSA) is 92.8 Å². The Bertz CT molecular complexity index is 941. The van der Waals surface area contributed by atoms with Gasteiger partial charge in [-0.3, -0.25) is 4.79 Å². The number of ether oxygens (including phenoxy) is 1. The quantitative estimate of drug-likeness (QED) is 0.731. The van der Waals surface area contributed by atoms with Gasteiger partial charge in [0.15, 0.2) is 0 Å². The molecule has 7 nitrogen and oxygen atoms in total. The van der Waals surface area contributed by atoms with E-state index in [1.165, 1.54) is 31.1 Å². The molecule has 0 unspecified atom stereocenters. The highest BCUT2D eigenvalue weighted by atomic mass is 32.2. The zero-order chi connectivity index (χ0) is 20.0. The SMILES string of the molecule is COC(=O)c1cccc(N(CCNS(=O)(=O)c2cccc(C)c2)C(C)=O)c1. The summed E-state index contributed by atoms with van der Waals surface area (Å²) in [5, 5.41) is 0. The second-order valence-electron chi connectivity index (χ2n) is 5.93. The lowest BCUT2D eigenvalue weighted by Crippen LogP contribution is -2.37. The number of amides is 1. The Morgan fingerprint density at radius 3 is 2.44 bits per heavy atom. The highest BCUT2D eigenvalue weighted by Crippen LogP contribution is 2.17. The summed E-state index contributed by atoms with van der Waals surface area (Å²) in [6, 6.07) is 13.0. The monoisotopic (exact) mass is 390 g/mol. The first-order chi connectivity index (χ1) is 12.7. The fourth-order valence-electron chi connectivity index (χ4n) is 2.54. The predicted molar refractivity (Wildman–Crippen MR) is 102 cm³/mol. The summed E-state index contributed by atoms with van der Waals surface area (Å²) in [5.74, 6) is -0.785. The first-order valence-electron chi connectivity index (χ1n) is 8.27. The zero-order valence-electron chi connectivity index (χ0n) is 15.4. The van der Waals surface area contributed by atoms with Gasteiger partial charge in [-0.15, -0.1) is 0 Å². The smallest absolute Gasteiger partial charge is 0.337 e. The summed E-state index contributed by atoms with van der Waals surface area (Å²) in [7, 11) is -2.40. The minimum absolute atomic E-state index is 0.0261. The number of aryl methyl sites for hydroxylation is 1. The van der Waals surface area contributed by atoms with Crippen LogP contribution in [0.15, 0.2) is 53.4 Å². The molecule has 0 aliphatic carbocycles. The third-order valence-electron chi connectivity index (χ3n) is 3.89. The van der Waals surface area contributed by atoms with Crippen molar-refractivity contribution in [3.8, 4) is 0 Å². The van der Waals surface area contributed by atoms with E-state index >= 15 is 0 Å². The van der Waals surface area contributed by atoms with E-state index in [1.54, 1.807) is 30.3 Å². The molecule has 0 saturated heterocycles. The van der Waals surface area contributed by atoms with Gasteiger partial charge in [0.25, 0.3) is 0 Å². The van der Waals surface area contributed by atoms with Gasteiger partial charge in [0.05, 0.1) is 17.6 Å². The molecule has 2 aromatic rings. The molecule has 0 atom stereocenters. The highest BCUT2D eigenvalue weighted by Gasteiger charge is 2.17. The predicted octanol–water partition coefficient (Wildman–Crippen LogP) is 2.11. The Kier molecular flexibility index (Phi) is 6.70. The van der Waals surface area contributed by atoms with Crippen LogP contribution in [0.25, 0.3) is 0 Å². The molecule has 0 aliphatic rings. The second-order valence-corrected chi connectivity index (χ2v) is 7.69. The number of esters is 1. The van der Waals surface area contributed by atoms with Crippen LogP contribution in [0.2, 0.25) is 0 Å². The number of benzene rings is 2. The first kappa shape index (κ1) is 20.6. The van der Waals surface area contributed by atoms with Crippen molar-refractivity contribution in [3.05, 3.63) is 59.7 Å². The molecule has 2 rings (SSSR count). The number of carbonyl (C=O) groups excluding carboxylic acids is 2. The molecule has 1 N–H and O–H groups in total. The molecule has 27 heavy (non-hydrogen) atoms. The summed E-state index contributed by atoms with van der Waals surface area (Å²) in [4.78, 5) is 25.2. The normalized spacial score (nSPS) is 11.1. The van der Waals surface area contributed by atoms with Crippen LogP contribution < -0.4 is 9.62 Å².